The molecule has 0 bridgehead atoms. The van der Waals surface area contributed by atoms with E-state index in [2.05, 4.69) is 53.2 Å². The van der Waals surface area contributed by atoms with Crippen LogP contribution in [0.25, 0.3) is 0 Å². The SMILES string of the molecule is CN(C)[C@H]1CCN(Cc2ccc(C#Cc3ccc(C(=O)N[C@@H](CN)C(=O)CO)cc3)cc2)C1. The number of likely N-dealkylation sites (tertiary alicyclic amines) is 1. The first kappa shape index (κ1) is 24.6. The van der Waals surface area contributed by atoms with Gasteiger partial charge in [-0.15, -0.1) is 0 Å². The summed E-state index contributed by atoms with van der Waals surface area (Å²) in [5.41, 5.74) is 8.88. The summed E-state index contributed by atoms with van der Waals surface area (Å²) in [5, 5.41) is 11.5. The predicted molar refractivity (Wildman–Crippen MR) is 129 cm³/mol. The van der Waals surface area contributed by atoms with Gasteiger partial charge in [-0.1, -0.05) is 24.0 Å². The second-order valence-electron chi connectivity index (χ2n) is 8.55. The van der Waals surface area contributed by atoms with E-state index in [0.717, 1.165) is 30.8 Å². The Morgan fingerprint density at radius 3 is 2.24 bits per heavy atom. The molecular formula is C26H32N4O3. The highest BCUT2D eigenvalue weighted by atomic mass is 16.3. The van der Waals surface area contributed by atoms with Crippen molar-refractivity contribution in [2.24, 2.45) is 5.73 Å². The van der Waals surface area contributed by atoms with Gasteiger partial charge in [-0.3, -0.25) is 14.5 Å². The smallest absolute Gasteiger partial charge is 0.251 e. The van der Waals surface area contributed by atoms with E-state index in [9.17, 15) is 9.59 Å². The highest BCUT2D eigenvalue weighted by Gasteiger charge is 2.23. The number of hydrogen-bond donors (Lipinski definition) is 3. The van der Waals surface area contributed by atoms with Gasteiger partial charge in [0.15, 0.2) is 5.78 Å². The molecule has 0 unspecified atom stereocenters. The fourth-order valence-corrected chi connectivity index (χ4v) is 3.80. The highest BCUT2D eigenvalue weighted by molar-refractivity contribution is 5.98. The Balaban J connectivity index is 1.55. The molecule has 33 heavy (non-hydrogen) atoms. The molecule has 1 amide bonds. The number of aliphatic hydroxyl groups is 1. The van der Waals surface area contributed by atoms with Crippen LogP contribution in [0.1, 0.15) is 33.5 Å². The molecule has 7 heteroatoms. The number of carbonyl (C=O) groups is 2. The Hall–Kier alpha value is -3.02. The summed E-state index contributed by atoms with van der Waals surface area (Å²) in [6, 6.07) is 14.9. The summed E-state index contributed by atoms with van der Waals surface area (Å²) >= 11 is 0. The van der Waals surface area contributed by atoms with Crippen LogP contribution in [0.3, 0.4) is 0 Å². The van der Waals surface area contributed by atoms with Crippen molar-refractivity contribution in [2.75, 3.05) is 40.3 Å². The zero-order valence-electron chi connectivity index (χ0n) is 19.3. The molecule has 2 aromatic rings. The first-order chi connectivity index (χ1) is 15.9. The first-order valence-electron chi connectivity index (χ1n) is 11.1. The number of carbonyl (C=O) groups excluding carboxylic acids is 2. The number of benzene rings is 2. The van der Waals surface area contributed by atoms with Crippen molar-refractivity contribution in [3.63, 3.8) is 0 Å². The van der Waals surface area contributed by atoms with Crippen LogP contribution in [0.15, 0.2) is 48.5 Å². The summed E-state index contributed by atoms with van der Waals surface area (Å²) in [5.74, 6) is 5.33. The molecule has 0 radical (unpaired) electrons. The summed E-state index contributed by atoms with van der Waals surface area (Å²) in [6.45, 7) is 2.46. The van der Waals surface area contributed by atoms with Crippen molar-refractivity contribution in [3.05, 3.63) is 70.8 Å². The number of likely N-dealkylation sites (N-methyl/N-ethyl adjacent to an activating group) is 1. The molecule has 0 aliphatic carbocycles. The topological polar surface area (TPSA) is 98.9 Å². The Bertz CT molecular complexity index is 1010. The lowest BCUT2D eigenvalue weighted by molar-refractivity contribution is -0.123. The molecule has 2 aromatic carbocycles. The average Bonchev–Trinajstić information content (AvgIpc) is 3.30. The van der Waals surface area contributed by atoms with E-state index in [1.165, 1.54) is 12.0 Å². The molecule has 0 spiro atoms. The first-order valence-corrected chi connectivity index (χ1v) is 11.1. The van der Waals surface area contributed by atoms with Crippen LogP contribution >= 0.6 is 0 Å². The second-order valence-corrected chi connectivity index (χ2v) is 8.55. The average molecular weight is 449 g/mol. The monoisotopic (exact) mass is 448 g/mol. The number of nitrogens with two attached hydrogens (primary N) is 1. The largest absolute Gasteiger partial charge is 0.388 e. The maximum atomic E-state index is 12.3. The van der Waals surface area contributed by atoms with Crippen LogP contribution in [0.2, 0.25) is 0 Å². The van der Waals surface area contributed by atoms with Gasteiger partial charge >= 0.3 is 0 Å². The van der Waals surface area contributed by atoms with Crippen molar-refractivity contribution >= 4 is 11.7 Å². The standard InChI is InChI=1S/C26H32N4O3/c1-29(2)23-13-14-30(17-23)16-21-7-5-19(6-8-21)3-4-20-9-11-22(12-10-20)26(33)28-24(15-27)25(32)18-31/h5-12,23-24,31H,13-18,27H2,1-2H3,(H,28,33)/t23-,24-/m0/s1. The molecule has 4 N–H and O–H groups in total. The minimum absolute atomic E-state index is 0.0673. The Kier molecular flexibility index (Phi) is 8.75. The van der Waals surface area contributed by atoms with Crippen molar-refractivity contribution < 1.29 is 14.7 Å². The number of rotatable bonds is 8. The fourth-order valence-electron chi connectivity index (χ4n) is 3.80. The third kappa shape index (κ3) is 6.98. The molecule has 7 nitrogen and oxygen atoms in total. The van der Waals surface area contributed by atoms with Crippen LogP contribution in [0, 0.1) is 11.8 Å². The van der Waals surface area contributed by atoms with E-state index < -0.39 is 24.3 Å². The zero-order valence-corrected chi connectivity index (χ0v) is 19.3. The quantitative estimate of drug-likeness (QED) is 0.518. The number of nitrogens with zero attached hydrogens (tertiary/aromatic N) is 2. The highest BCUT2D eigenvalue weighted by Crippen LogP contribution is 2.16. The van der Waals surface area contributed by atoms with Gasteiger partial charge in [0.05, 0.1) is 0 Å². The van der Waals surface area contributed by atoms with Gasteiger partial charge in [-0.05, 0) is 62.5 Å². The minimum atomic E-state index is -0.898. The lowest BCUT2D eigenvalue weighted by Crippen LogP contribution is -2.46. The summed E-state index contributed by atoms with van der Waals surface area (Å²) in [4.78, 5) is 28.6. The van der Waals surface area contributed by atoms with Gasteiger partial charge < -0.3 is 21.1 Å². The molecule has 1 heterocycles. The van der Waals surface area contributed by atoms with E-state index in [4.69, 9.17) is 10.8 Å². The van der Waals surface area contributed by atoms with Gasteiger partial charge in [0.2, 0.25) is 0 Å². The zero-order chi connectivity index (χ0) is 23.8. The molecule has 0 saturated carbocycles. The molecule has 1 aliphatic rings. The van der Waals surface area contributed by atoms with Crippen LogP contribution < -0.4 is 11.1 Å². The number of Topliss-reactive ketones (excluding diaryl/α,β-unsaturated/α-hetero) is 1. The third-order valence-corrected chi connectivity index (χ3v) is 5.92. The Morgan fingerprint density at radius 1 is 1.12 bits per heavy atom. The molecule has 1 fully saturated rings. The lowest BCUT2D eigenvalue weighted by atomic mass is 10.1. The number of ketones is 1. The molecule has 2 atom stereocenters. The van der Waals surface area contributed by atoms with Gasteiger partial charge in [-0.2, -0.15) is 0 Å². The summed E-state index contributed by atoms with van der Waals surface area (Å²) in [7, 11) is 4.28. The van der Waals surface area contributed by atoms with E-state index >= 15 is 0 Å². The molecule has 1 saturated heterocycles. The van der Waals surface area contributed by atoms with Crippen molar-refractivity contribution in [1.29, 1.82) is 0 Å². The fraction of sp³-hybridized carbons (Fsp3) is 0.385. The molecule has 0 aromatic heterocycles. The summed E-state index contributed by atoms with van der Waals surface area (Å²) < 4.78 is 0. The van der Waals surface area contributed by atoms with Crippen molar-refractivity contribution in [1.82, 2.24) is 15.1 Å². The van der Waals surface area contributed by atoms with Crippen LogP contribution in [0.4, 0.5) is 0 Å². The molecular weight excluding hydrogens is 416 g/mol. The maximum absolute atomic E-state index is 12.3. The van der Waals surface area contributed by atoms with E-state index in [1.54, 1.807) is 24.3 Å². The molecule has 1 aliphatic heterocycles. The van der Waals surface area contributed by atoms with Gasteiger partial charge in [-0.25, -0.2) is 0 Å². The minimum Gasteiger partial charge on any atom is -0.388 e. The molecule has 3 rings (SSSR count). The van der Waals surface area contributed by atoms with E-state index in [1.807, 2.05) is 12.1 Å². The van der Waals surface area contributed by atoms with E-state index in [-0.39, 0.29) is 6.54 Å². The number of nitrogens with one attached hydrogen (secondary N) is 1. The molecule has 174 valence electrons. The van der Waals surface area contributed by atoms with Gasteiger partial charge in [0.1, 0.15) is 12.6 Å². The normalized spacial score (nSPS) is 16.8. The van der Waals surface area contributed by atoms with Crippen LogP contribution in [0.5, 0.6) is 0 Å². The maximum Gasteiger partial charge on any atom is 0.251 e. The number of aliphatic hydroxyl groups excluding tert-OH is 1. The van der Waals surface area contributed by atoms with Crippen molar-refractivity contribution in [2.45, 2.75) is 25.0 Å². The van der Waals surface area contributed by atoms with Gasteiger partial charge in [0, 0.05) is 48.9 Å². The Labute approximate surface area is 195 Å². The summed E-state index contributed by atoms with van der Waals surface area (Å²) in [6.07, 6.45) is 1.21. The lowest BCUT2D eigenvalue weighted by Gasteiger charge is -2.20. The Morgan fingerprint density at radius 2 is 1.73 bits per heavy atom. The van der Waals surface area contributed by atoms with Gasteiger partial charge in [0.25, 0.3) is 5.91 Å². The van der Waals surface area contributed by atoms with Crippen LogP contribution in [-0.2, 0) is 11.3 Å². The van der Waals surface area contributed by atoms with Crippen molar-refractivity contribution in [3.8, 4) is 11.8 Å². The predicted octanol–water partition coefficient (Wildman–Crippen LogP) is 0.841. The number of amides is 1. The second kappa shape index (κ2) is 11.7. The third-order valence-electron chi connectivity index (χ3n) is 5.92. The van der Waals surface area contributed by atoms with Crippen LogP contribution in [-0.4, -0.2) is 79.0 Å². The van der Waals surface area contributed by atoms with E-state index in [0.29, 0.717) is 11.6 Å². The number of hydrogen-bond acceptors (Lipinski definition) is 6.